The van der Waals surface area contributed by atoms with Gasteiger partial charge in [-0.05, 0) is 31.8 Å². The number of hydrogen-bond acceptors (Lipinski definition) is 8. The van der Waals surface area contributed by atoms with Crippen molar-refractivity contribution in [2.75, 3.05) is 12.0 Å². The second-order valence-corrected chi connectivity index (χ2v) is 7.59. The smallest absolute Gasteiger partial charge is 0.326 e. The van der Waals surface area contributed by atoms with Gasteiger partial charge in [0.25, 0.3) is 0 Å². The Bertz CT molecular complexity index is 689. The number of thioether (sulfide) groups is 1. The van der Waals surface area contributed by atoms with Gasteiger partial charge in [0.2, 0.25) is 17.7 Å². The molecule has 176 valence electrons. The number of rotatable bonds is 15. The van der Waals surface area contributed by atoms with Gasteiger partial charge in [-0.2, -0.15) is 11.8 Å². The lowest BCUT2D eigenvalue weighted by atomic mass is 10.1. The Morgan fingerprint density at radius 1 is 0.839 bits per heavy atom. The number of hydrogen-bond donors (Lipinski definition) is 7. The third kappa shape index (κ3) is 11.8. The van der Waals surface area contributed by atoms with Gasteiger partial charge in [-0.15, -0.1) is 0 Å². The van der Waals surface area contributed by atoms with Crippen LogP contribution in [-0.2, 0) is 28.8 Å². The monoisotopic (exact) mass is 464 g/mol. The number of carboxylic acids is 3. The molecule has 0 saturated heterocycles. The summed E-state index contributed by atoms with van der Waals surface area (Å²) in [6.45, 7) is 1.30. The van der Waals surface area contributed by atoms with Crippen LogP contribution in [0.3, 0.4) is 0 Å². The van der Waals surface area contributed by atoms with E-state index in [0.29, 0.717) is 5.75 Å². The minimum absolute atomic E-state index is 0.142. The second kappa shape index (κ2) is 14.2. The average molecular weight is 464 g/mol. The molecule has 4 unspecified atom stereocenters. The van der Waals surface area contributed by atoms with Crippen LogP contribution in [-0.4, -0.2) is 87.1 Å². The molecule has 0 bridgehead atoms. The van der Waals surface area contributed by atoms with E-state index in [1.807, 2.05) is 0 Å². The first kappa shape index (κ1) is 28.1. The molecule has 0 aliphatic heterocycles. The Labute approximate surface area is 182 Å². The number of nitrogens with one attached hydrogen (secondary N) is 3. The van der Waals surface area contributed by atoms with Crippen LogP contribution >= 0.6 is 11.8 Å². The molecule has 0 spiro atoms. The van der Waals surface area contributed by atoms with Crippen LogP contribution in [0, 0.1) is 0 Å². The van der Waals surface area contributed by atoms with Crippen molar-refractivity contribution < 1.29 is 44.1 Å². The molecule has 31 heavy (non-hydrogen) atoms. The molecular formula is C17H28N4O9S. The highest BCUT2D eigenvalue weighted by Gasteiger charge is 2.29. The van der Waals surface area contributed by atoms with Crippen molar-refractivity contribution in [3.05, 3.63) is 0 Å². The maximum absolute atomic E-state index is 12.5. The number of carbonyl (C=O) groups excluding carboxylic acids is 3. The van der Waals surface area contributed by atoms with Gasteiger partial charge < -0.3 is 37.0 Å². The Kier molecular flexibility index (Phi) is 12.9. The van der Waals surface area contributed by atoms with Gasteiger partial charge in [0.05, 0.1) is 12.5 Å². The van der Waals surface area contributed by atoms with Crippen molar-refractivity contribution in [2.45, 2.75) is 56.8 Å². The normalized spacial score (nSPS) is 14.4. The van der Waals surface area contributed by atoms with Crippen LogP contribution in [0.2, 0.25) is 0 Å². The predicted molar refractivity (Wildman–Crippen MR) is 109 cm³/mol. The summed E-state index contributed by atoms with van der Waals surface area (Å²) in [7, 11) is 0. The lowest BCUT2D eigenvalue weighted by molar-refractivity contribution is -0.143. The molecule has 0 fully saturated rings. The molecule has 3 amide bonds. The van der Waals surface area contributed by atoms with Gasteiger partial charge in [-0.1, -0.05) is 0 Å². The van der Waals surface area contributed by atoms with Crippen molar-refractivity contribution >= 4 is 47.4 Å². The number of aliphatic carboxylic acids is 3. The third-order valence-corrected chi connectivity index (χ3v) is 4.63. The number of carbonyl (C=O) groups is 6. The first-order chi connectivity index (χ1) is 14.4. The standard InChI is InChI=1S/C17H28N4O9S/c1-8(19-15(27)9(18)7-13(24)25)14(26)20-10(5-6-31-2)16(28)21-11(17(29)30)3-4-12(22)23/h8-11H,3-7,18H2,1-2H3,(H,19,27)(H,20,26)(H,21,28)(H,22,23)(H,24,25)(H,29,30). The fourth-order valence-corrected chi connectivity index (χ4v) is 2.74. The number of amides is 3. The van der Waals surface area contributed by atoms with Gasteiger partial charge in [0.1, 0.15) is 18.1 Å². The summed E-state index contributed by atoms with van der Waals surface area (Å²) in [5.41, 5.74) is 5.43. The first-order valence-electron chi connectivity index (χ1n) is 9.21. The maximum atomic E-state index is 12.5. The SMILES string of the molecule is CSCCC(NC(=O)C(C)NC(=O)C(N)CC(=O)O)C(=O)NC(CCC(=O)O)C(=O)O. The molecule has 0 aromatic heterocycles. The van der Waals surface area contributed by atoms with Crippen LogP contribution in [0.15, 0.2) is 0 Å². The van der Waals surface area contributed by atoms with Gasteiger partial charge in [0.15, 0.2) is 0 Å². The highest BCUT2D eigenvalue weighted by Crippen LogP contribution is 2.05. The molecule has 0 heterocycles. The molecule has 0 aliphatic carbocycles. The van der Waals surface area contributed by atoms with Crippen molar-refractivity contribution in [1.82, 2.24) is 16.0 Å². The quantitative estimate of drug-likeness (QED) is 0.140. The van der Waals surface area contributed by atoms with E-state index in [1.165, 1.54) is 18.7 Å². The number of carboxylic acid groups (broad SMARTS) is 3. The molecule has 8 N–H and O–H groups in total. The summed E-state index contributed by atoms with van der Waals surface area (Å²) in [5.74, 6) is -5.94. The van der Waals surface area contributed by atoms with E-state index in [-0.39, 0.29) is 12.8 Å². The highest BCUT2D eigenvalue weighted by molar-refractivity contribution is 7.98. The van der Waals surface area contributed by atoms with Gasteiger partial charge in [-0.25, -0.2) is 4.79 Å². The summed E-state index contributed by atoms with van der Waals surface area (Å²) in [6, 6.07) is -5.12. The van der Waals surface area contributed by atoms with Crippen LogP contribution < -0.4 is 21.7 Å². The fourth-order valence-electron chi connectivity index (χ4n) is 2.27. The van der Waals surface area contributed by atoms with Crippen molar-refractivity contribution in [3.63, 3.8) is 0 Å². The van der Waals surface area contributed by atoms with E-state index in [2.05, 4.69) is 16.0 Å². The summed E-state index contributed by atoms with van der Waals surface area (Å²) < 4.78 is 0. The third-order valence-electron chi connectivity index (χ3n) is 3.99. The largest absolute Gasteiger partial charge is 0.481 e. The minimum Gasteiger partial charge on any atom is -0.481 e. The zero-order valence-electron chi connectivity index (χ0n) is 17.1. The molecule has 0 aliphatic rings. The Hall–Kier alpha value is -2.87. The van der Waals surface area contributed by atoms with Crippen LogP contribution in [0.1, 0.15) is 32.6 Å². The molecular weight excluding hydrogens is 436 g/mol. The van der Waals surface area contributed by atoms with E-state index in [1.54, 1.807) is 6.26 Å². The number of nitrogens with two attached hydrogens (primary N) is 1. The van der Waals surface area contributed by atoms with Gasteiger partial charge in [0, 0.05) is 6.42 Å². The molecule has 0 rings (SSSR count). The Morgan fingerprint density at radius 2 is 1.42 bits per heavy atom. The van der Waals surface area contributed by atoms with Crippen LogP contribution in [0.4, 0.5) is 0 Å². The second-order valence-electron chi connectivity index (χ2n) is 6.61. The Balaban J connectivity index is 5.08. The van der Waals surface area contributed by atoms with E-state index in [9.17, 15) is 33.9 Å². The highest BCUT2D eigenvalue weighted by atomic mass is 32.2. The first-order valence-corrected chi connectivity index (χ1v) is 10.6. The zero-order chi connectivity index (χ0) is 24.1. The molecule has 14 heteroatoms. The summed E-state index contributed by atoms with van der Waals surface area (Å²) in [4.78, 5) is 69.3. The molecule has 0 aromatic rings. The summed E-state index contributed by atoms with van der Waals surface area (Å²) in [5, 5.41) is 33.4. The lowest BCUT2D eigenvalue weighted by Gasteiger charge is -2.23. The zero-order valence-corrected chi connectivity index (χ0v) is 17.9. The van der Waals surface area contributed by atoms with E-state index < -0.39 is 72.6 Å². The fraction of sp³-hybridized carbons (Fsp3) is 0.647. The van der Waals surface area contributed by atoms with Crippen molar-refractivity contribution in [3.8, 4) is 0 Å². The van der Waals surface area contributed by atoms with Gasteiger partial charge >= 0.3 is 17.9 Å². The van der Waals surface area contributed by atoms with Crippen LogP contribution in [0.25, 0.3) is 0 Å². The minimum atomic E-state index is -1.46. The average Bonchev–Trinajstić information content (AvgIpc) is 2.66. The molecule has 0 aromatic carbocycles. The van der Waals surface area contributed by atoms with E-state index in [4.69, 9.17) is 15.9 Å². The molecule has 4 atom stereocenters. The molecule has 0 saturated carbocycles. The van der Waals surface area contributed by atoms with Crippen molar-refractivity contribution in [2.24, 2.45) is 5.73 Å². The predicted octanol–water partition coefficient (Wildman–Crippen LogP) is -2.03. The molecule has 0 radical (unpaired) electrons. The van der Waals surface area contributed by atoms with E-state index >= 15 is 0 Å². The van der Waals surface area contributed by atoms with Crippen LogP contribution in [0.5, 0.6) is 0 Å². The maximum Gasteiger partial charge on any atom is 0.326 e. The molecule has 13 nitrogen and oxygen atoms in total. The van der Waals surface area contributed by atoms with E-state index in [0.717, 1.165) is 0 Å². The lowest BCUT2D eigenvalue weighted by Crippen LogP contribution is -2.56. The van der Waals surface area contributed by atoms with Crippen molar-refractivity contribution in [1.29, 1.82) is 0 Å². The Morgan fingerprint density at radius 3 is 1.90 bits per heavy atom. The van der Waals surface area contributed by atoms with Gasteiger partial charge in [-0.3, -0.25) is 24.0 Å². The summed E-state index contributed by atoms with van der Waals surface area (Å²) >= 11 is 1.38. The topological polar surface area (TPSA) is 225 Å². The summed E-state index contributed by atoms with van der Waals surface area (Å²) in [6.07, 6.45) is 0.456.